The van der Waals surface area contributed by atoms with Crippen molar-refractivity contribution in [3.8, 4) is 0 Å². The molecule has 0 spiro atoms. The first kappa shape index (κ1) is 79.0. The SMILES string of the molecule is CC(=O)N[C@H]1[C@@H](O[C@H]2[C@H](O[C@H]3[C@H](O[C@@H]4O[C@H](CO)[C@@H](O)[C@H](O)[C@H]4O)[C@@H](O)[C@@H](O[C@H]4[C@@H]([C@H](O)CO)OC(O)(C(=O)O)C[C@H]4O)O[C@@H]3CO[C@@H]3O[C@H](CO)[C@@H](O)[C@H](O)[C@H]3O[C@H]3O[C@H](CO)[C@@H](O[C@@H]4O[C@H](CO)[C@H](O)[C@H](O)[C@H]4O)[C@H](O)[C@H]3O)O[C@H](CO)[C@@H](O)[C@@H]2O)O[C@H](CO)[C@@H](O)[C@@H]1O. The van der Waals surface area contributed by atoms with Crippen LogP contribution in [0.1, 0.15) is 13.3 Å². The van der Waals surface area contributed by atoms with Gasteiger partial charge in [-0.3, -0.25) is 4.79 Å². The third-order valence-electron chi connectivity index (χ3n) is 17.6. The zero-order valence-electron chi connectivity index (χ0n) is 50.4. The summed E-state index contributed by atoms with van der Waals surface area (Å²) in [5.41, 5.74) is 0. The first-order valence-corrected chi connectivity index (χ1v) is 30.2. The first-order valence-electron chi connectivity index (χ1n) is 30.2. The average Bonchev–Trinajstić information content (AvgIpc) is 0.772. The van der Waals surface area contributed by atoms with Crippen LogP contribution in [0.3, 0.4) is 0 Å². The van der Waals surface area contributed by atoms with Gasteiger partial charge < -0.3 is 209 Å². The number of amides is 1. The van der Waals surface area contributed by atoms with E-state index in [0.29, 0.717) is 0 Å². The second-order valence-electron chi connectivity index (χ2n) is 24.1. The number of aliphatic carboxylic acids is 1. The lowest BCUT2D eigenvalue weighted by Crippen LogP contribution is -2.70. The Balaban J connectivity index is 1.20. The predicted molar refractivity (Wildman–Crippen MR) is 287 cm³/mol. The second-order valence-corrected chi connectivity index (χ2v) is 24.1. The molecule has 0 aromatic heterocycles. The highest BCUT2D eigenvalue weighted by Crippen LogP contribution is 2.41. The van der Waals surface area contributed by atoms with Gasteiger partial charge in [0.15, 0.2) is 44.0 Å². The lowest BCUT2D eigenvalue weighted by atomic mass is 9.92. The molecule has 8 rings (SSSR count). The number of hydrogen-bond acceptors (Lipinski definition) is 42. The summed E-state index contributed by atoms with van der Waals surface area (Å²) >= 11 is 0. The number of nitrogens with one attached hydrogen (secondary N) is 1. The number of hydrogen-bond donors (Lipinski definition) is 27. The maximum absolute atomic E-state index is 12.6. The Labute approximate surface area is 541 Å². The van der Waals surface area contributed by atoms with E-state index in [0.717, 1.165) is 6.92 Å². The maximum Gasteiger partial charge on any atom is 0.364 e. The number of ether oxygens (including phenoxy) is 15. The van der Waals surface area contributed by atoms with Gasteiger partial charge in [-0.05, 0) is 0 Å². The van der Waals surface area contributed by atoms with Crippen LogP contribution in [0.2, 0.25) is 0 Å². The fourth-order valence-corrected chi connectivity index (χ4v) is 12.2. The quantitative estimate of drug-likeness (QED) is 0.0404. The molecule has 8 fully saturated rings. The van der Waals surface area contributed by atoms with Gasteiger partial charge in [0.1, 0.15) is 189 Å². The van der Waals surface area contributed by atoms with Crippen LogP contribution in [0, 0.1) is 0 Å². The Morgan fingerprint density at radius 3 is 1.24 bits per heavy atom. The Bertz CT molecular complexity index is 2430. The number of carbonyl (C=O) groups excluding carboxylic acids is 1. The molecule has 0 radical (unpaired) electrons. The van der Waals surface area contributed by atoms with E-state index in [1.165, 1.54) is 0 Å². The van der Waals surface area contributed by atoms with E-state index in [9.17, 15) is 142 Å². The van der Waals surface area contributed by atoms with Crippen molar-refractivity contribution < 1.29 is 213 Å². The molecule has 8 aliphatic rings. The van der Waals surface area contributed by atoms with E-state index in [1.54, 1.807) is 0 Å². The second kappa shape index (κ2) is 33.6. The summed E-state index contributed by atoms with van der Waals surface area (Å²) in [6, 6.07) is -1.83. The molecule has 40 atom stereocenters. The van der Waals surface area contributed by atoms with Crippen molar-refractivity contribution in [2.45, 2.75) is 258 Å². The Hall–Kier alpha value is -2.66. The molecule has 8 saturated heterocycles. The third kappa shape index (κ3) is 16.5. The highest BCUT2D eigenvalue weighted by molar-refractivity contribution is 5.75. The zero-order chi connectivity index (χ0) is 70.8. The van der Waals surface area contributed by atoms with Crippen molar-refractivity contribution in [1.29, 1.82) is 0 Å². The average molecular weight is 1410 g/mol. The van der Waals surface area contributed by atoms with Gasteiger partial charge in [0.05, 0.1) is 59.0 Å². The van der Waals surface area contributed by atoms with Crippen molar-refractivity contribution >= 4 is 11.9 Å². The van der Waals surface area contributed by atoms with Crippen LogP contribution in [0.4, 0.5) is 0 Å². The zero-order valence-corrected chi connectivity index (χ0v) is 50.4. The van der Waals surface area contributed by atoms with Gasteiger partial charge in [-0.25, -0.2) is 4.79 Å². The molecule has 0 saturated carbocycles. The van der Waals surface area contributed by atoms with E-state index in [2.05, 4.69) is 5.32 Å². The topological polar surface area (TPSA) is 711 Å². The molecule has 0 aromatic carbocycles. The molecule has 1 unspecified atom stereocenters. The van der Waals surface area contributed by atoms with Crippen molar-refractivity contribution in [3.05, 3.63) is 0 Å². The third-order valence-corrected chi connectivity index (χ3v) is 17.6. The summed E-state index contributed by atoms with van der Waals surface area (Å²) in [6.45, 7) is -8.23. The van der Waals surface area contributed by atoms with Gasteiger partial charge in [-0.2, -0.15) is 0 Å². The molecule has 44 heteroatoms. The summed E-state index contributed by atoms with van der Waals surface area (Å²) in [4.78, 5) is 24.7. The molecule has 1 amide bonds. The summed E-state index contributed by atoms with van der Waals surface area (Å²) in [5, 5.41) is 285. The minimum absolute atomic E-state index is 0.896. The van der Waals surface area contributed by atoms with Crippen LogP contribution >= 0.6 is 0 Å². The highest BCUT2D eigenvalue weighted by Gasteiger charge is 2.61. The van der Waals surface area contributed by atoms with Gasteiger partial charge >= 0.3 is 5.97 Å². The molecule has 44 nitrogen and oxygen atoms in total. The van der Waals surface area contributed by atoms with E-state index in [1.807, 2.05) is 0 Å². The van der Waals surface area contributed by atoms with Gasteiger partial charge in [0.2, 0.25) is 5.91 Å². The van der Waals surface area contributed by atoms with Crippen LogP contribution in [-0.2, 0) is 80.6 Å². The fourth-order valence-electron chi connectivity index (χ4n) is 12.2. The van der Waals surface area contributed by atoms with Gasteiger partial charge in [0, 0.05) is 13.3 Å². The lowest BCUT2D eigenvalue weighted by Gasteiger charge is -2.52. The predicted octanol–water partition coefficient (Wildman–Crippen LogP) is -18.5. The minimum atomic E-state index is -3.32. The summed E-state index contributed by atoms with van der Waals surface area (Å²) in [7, 11) is 0. The molecular formula is C52H87NO43. The van der Waals surface area contributed by atoms with Crippen molar-refractivity contribution in [1.82, 2.24) is 5.32 Å². The van der Waals surface area contributed by atoms with E-state index in [-0.39, 0.29) is 0 Å². The molecule has 27 N–H and O–H groups in total. The molecule has 0 bridgehead atoms. The van der Waals surface area contributed by atoms with Gasteiger partial charge in [0.25, 0.3) is 5.79 Å². The van der Waals surface area contributed by atoms with Crippen LogP contribution < -0.4 is 5.32 Å². The molecule has 0 aromatic rings. The Morgan fingerprint density at radius 1 is 0.406 bits per heavy atom. The first-order chi connectivity index (χ1) is 45.3. The Morgan fingerprint density at radius 2 is 0.760 bits per heavy atom. The number of carbonyl (C=O) groups is 2. The number of carboxylic acid groups (broad SMARTS) is 1. The summed E-state index contributed by atoms with van der Waals surface area (Å²) in [6.07, 6.45) is -84.0. The maximum atomic E-state index is 12.6. The van der Waals surface area contributed by atoms with Crippen LogP contribution in [-0.4, -0.2) is 443 Å². The van der Waals surface area contributed by atoms with Crippen LogP contribution in [0.5, 0.6) is 0 Å². The summed E-state index contributed by atoms with van der Waals surface area (Å²) in [5.74, 6) is -6.34. The molecule has 8 aliphatic heterocycles. The largest absolute Gasteiger partial charge is 0.477 e. The number of aliphatic hydroxyl groups excluding tert-OH is 24. The standard InChI is InChI=1S/C52H87NO43/c1-11(61)53-21-27(69)22(64)14(4-55)83-44(21)94-43-31(73)26(68)18(8-59)87-50(43)92-40-20(89-48(36(78)41(40)93-46-34(76)29(71)24(66)16(6-57)85-46)90-37-12(62)2-52(81,51(79)80)96-38(37)13(63)3-54)10-82-49-42(30(72)25(67)17(7-58)86-49)95-47-35(77)32(74)39(19(9-60)88-47)91-45-33(75)28(70)23(65)15(5-56)84-45/h12-50,54-60,62-78,81H,2-10H2,1H3,(H,53,61)(H,79,80)/t12-,13-,14-,15-,16-,17-,18-,19-,20-,21-,22-,23+,24-,25-,26-,27-,28+,29+,30+,31+,32-,33-,34-,35-,36-,37-,38-,39-,40-,41-,42-,43-,44-,45+,46+,47-,48-,49-,50+,52?/m1/s1. The van der Waals surface area contributed by atoms with E-state index in [4.69, 9.17) is 71.1 Å². The minimum Gasteiger partial charge on any atom is -0.477 e. The fraction of sp³-hybridized carbons (Fsp3) is 0.962. The lowest BCUT2D eigenvalue weighted by molar-refractivity contribution is -0.411. The van der Waals surface area contributed by atoms with E-state index < -0.39 is 316 Å². The van der Waals surface area contributed by atoms with Crippen LogP contribution in [0.25, 0.3) is 0 Å². The van der Waals surface area contributed by atoms with Crippen molar-refractivity contribution in [2.24, 2.45) is 0 Å². The number of rotatable bonds is 25. The van der Waals surface area contributed by atoms with Gasteiger partial charge in [-0.1, -0.05) is 0 Å². The highest BCUT2D eigenvalue weighted by atomic mass is 16.8. The molecule has 8 heterocycles. The Kier molecular flexibility index (Phi) is 27.7. The smallest absolute Gasteiger partial charge is 0.364 e. The van der Waals surface area contributed by atoms with E-state index >= 15 is 0 Å². The van der Waals surface area contributed by atoms with Crippen molar-refractivity contribution in [2.75, 3.05) is 52.9 Å². The van der Waals surface area contributed by atoms with Crippen molar-refractivity contribution in [3.63, 3.8) is 0 Å². The summed E-state index contributed by atoms with van der Waals surface area (Å²) < 4.78 is 87.8. The molecule has 558 valence electrons. The number of aliphatic hydroxyl groups is 25. The number of carboxylic acids is 1. The van der Waals surface area contributed by atoms with Gasteiger partial charge in [-0.15, -0.1) is 0 Å². The monoisotopic (exact) mass is 1410 g/mol. The molecular weight excluding hydrogens is 1330 g/mol. The van der Waals surface area contributed by atoms with Crippen LogP contribution in [0.15, 0.2) is 0 Å². The normalized spacial score (nSPS) is 50.8. The molecule has 0 aliphatic carbocycles. The molecule has 96 heavy (non-hydrogen) atoms.